The zero-order chi connectivity index (χ0) is 25.2. The summed E-state index contributed by atoms with van der Waals surface area (Å²) in [4.78, 5) is 29.9. The zero-order valence-electron chi connectivity index (χ0n) is 20.6. The molecule has 184 valence electrons. The SMILES string of the molecule is Cc1ccc(C(=O)NCc2cc3nc(-c4cccc(N5CC(C)OC(C)C5)n4)ccc3cn2)cc1S. The second kappa shape index (κ2) is 10.2. The molecular formula is C28H29N5O2S. The van der Waals surface area contributed by atoms with Crippen LogP contribution in [0.5, 0.6) is 0 Å². The first-order chi connectivity index (χ1) is 17.4. The molecule has 36 heavy (non-hydrogen) atoms. The number of carbonyl (C=O) groups is 1. The number of morpholine rings is 1. The zero-order valence-corrected chi connectivity index (χ0v) is 21.5. The molecule has 1 fully saturated rings. The van der Waals surface area contributed by atoms with Gasteiger partial charge in [-0.1, -0.05) is 12.1 Å². The summed E-state index contributed by atoms with van der Waals surface area (Å²) in [7, 11) is 0. The molecule has 1 saturated heterocycles. The maximum atomic E-state index is 12.6. The summed E-state index contributed by atoms with van der Waals surface area (Å²) in [5.74, 6) is 0.761. The number of ether oxygens (including phenoxy) is 1. The van der Waals surface area contributed by atoms with Crippen LogP contribution in [-0.2, 0) is 11.3 Å². The Morgan fingerprint density at radius 2 is 1.83 bits per heavy atom. The van der Waals surface area contributed by atoms with Gasteiger partial charge in [0.25, 0.3) is 5.91 Å². The van der Waals surface area contributed by atoms with Gasteiger partial charge in [0.05, 0.1) is 41.4 Å². The highest BCUT2D eigenvalue weighted by molar-refractivity contribution is 7.80. The molecule has 1 aromatic carbocycles. The van der Waals surface area contributed by atoms with Gasteiger partial charge in [-0.25, -0.2) is 9.97 Å². The normalized spacial score (nSPS) is 17.8. The third-order valence-electron chi connectivity index (χ3n) is 6.27. The molecule has 3 aromatic heterocycles. The molecule has 0 bridgehead atoms. The van der Waals surface area contributed by atoms with Crippen LogP contribution in [0.1, 0.15) is 35.5 Å². The Morgan fingerprint density at radius 3 is 2.61 bits per heavy atom. The van der Waals surface area contributed by atoms with Crippen molar-refractivity contribution in [1.82, 2.24) is 20.3 Å². The first-order valence-corrected chi connectivity index (χ1v) is 12.5. The first kappa shape index (κ1) is 24.2. The van der Waals surface area contributed by atoms with Gasteiger partial charge in [-0.3, -0.25) is 9.78 Å². The Kier molecular flexibility index (Phi) is 6.89. The van der Waals surface area contributed by atoms with Crippen molar-refractivity contribution in [2.45, 2.75) is 44.4 Å². The minimum atomic E-state index is -0.165. The molecule has 4 heterocycles. The number of fused-ring (bicyclic) bond motifs is 1. The van der Waals surface area contributed by atoms with Gasteiger partial charge in [0.15, 0.2) is 0 Å². The predicted molar refractivity (Wildman–Crippen MR) is 145 cm³/mol. The average molecular weight is 500 g/mol. The van der Waals surface area contributed by atoms with Crippen molar-refractivity contribution in [2.24, 2.45) is 0 Å². The molecule has 0 spiro atoms. The van der Waals surface area contributed by atoms with Gasteiger partial charge in [-0.15, -0.1) is 12.6 Å². The Bertz CT molecular complexity index is 1420. The lowest BCUT2D eigenvalue weighted by Crippen LogP contribution is -2.45. The number of pyridine rings is 3. The molecule has 2 atom stereocenters. The number of rotatable bonds is 5. The third kappa shape index (κ3) is 5.34. The van der Waals surface area contributed by atoms with E-state index in [0.29, 0.717) is 12.1 Å². The van der Waals surface area contributed by atoms with Crippen LogP contribution >= 0.6 is 12.6 Å². The second-order valence-corrected chi connectivity index (χ2v) is 9.77. The van der Waals surface area contributed by atoms with E-state index in [9.17, 15) is 4.79 Å². The summed E-state index contributed by atoms with van der Waals surface area (Å²) in [6.07, 6.45) is 2.11. The summed E-state index contributed by atoms with van der Waals surface area (Å²) in [6, 6.07) is 17.4. The van der Waals surface area contributed by atoms with Crippen molar-refractivity contribution < 1.29 is 9.53 Å². The van der Waals surface area contributed by atoms with Gasteiger partial charge in [0, 0.05) is 35.1 Å². The lowest BCUT2D eigenvalue weighted by Gasteiger charge is -2.36. The minimum Gasteiger partial charge on any atom is -0.372 e. The van der Waals surface area contributed by atoms with Gasteiger partial charge >= 0.3 is 0 Å². The molecule has 1 amide bonds. The highest BCUT2D eigenvalue weighted by atomic mass is 32.1. The molecule has 1 N–H and O–H groups in total. The van der Waals surface area contributed by atoms with E-state index in [2.05, 4.69) is 41.7 Å². The molecule has 5 rings (SSSR count). The van der Waals surface area contributed by atoms with Crippen LogP contribution in [0.3, 0.4) is 0 Å². The largest absolute Gasteiger partial charge is 0.372 e. The standard InChI is InChI=1S/C28H29N5O2S/c1-17-7-8-20(11-26(17)36)28(34)30-14-22-12-25-21(13-29-22)9-10-24(31-25)23-5-4-6-27(32-23)33-15-18(2)35-19(3)16-33/h4-13,18-19,36H,14-16H2,1-3H3,(H,30,34). The van der Waals surface area contributed by atoms with Crippen LogP contribution in [0, 0.1) is 6.92 Å². The van der Waals surface area contributed by atoms with Gasteiger partial charge in [-0.05, 0) is 68.8 Å². The van der Waals surface area contributed by atoms with E-state index in [0.717, 1.165) is 57.4 Å². The molecule has 2 unspecified atom stereocenters. The molecule has 0 saturated carbocycles. The third-order valence-corrected chi connectivity index (χ3v) is 6.75. The van der Waals surface area contributed by atoms with Crippen molar-refractivity contribution in [3.05, 3.63) is 77.6 Å². The number of hydrogen-bond acceptors (Lipinski definition) is 7. The summed E-state index contributed by atoms with van der Waals surface area (Å²) in [6.45, 7) is 8.06. The Hall–Kier alpha value is -3.49. The molecule has 7 nitrogen and oxygen atoms in total. The van der Waals surface area contributed by atoms with E-state index in [1.807, 2.05) is 49.4 Å². The Labute approximate surface area is 216 Å². The van der Waals surface area contributed by atoms with Gasteiger partial charge in [-0.2, -0.15) is 0 Å². The molecule has 1 aliphatic rings. The highest BCUT2D eigenvalue weighted by Gasteiger charge is 2.23. The smallest absolute Gasteiger partial charge is 0.251 e. The summed E-state index contributed by atoms with van der Waals surface area (Å²) in [5.41, 5.74) is 4.75. The Morgan fingerprint density at radius 1 is 1.06 bits per heavy atom. The van der Waals surface area contributed by atoms with Crippen LogP contribution in [0.2, 0.25) is 0 Å². The lowest BCUT2D eigenvalue weighted by atomic mass is 10.1. The van der Waals surface area contributed by atoms with E-state index < -0.39 is 0 Å². The topological polar surface area (TPSA) is 80.2 Å². The number of aryl methyl sites for hydroxylation is 1. The van der Waals surface area contributed by atoms with E-state index >= 15 is 0 Å². The average Bonchev–Trinajstić information content (AvgIpc) is 2.88. The molecule has 1 aliphatic heterocycles. The van der Waals surface area contributed by atoms with Crippen LogP contribution in [0.25, 0.3) is 22.3 Å². The monoisotopic (exact) mass is 499 g/mol. The number of thiol groups is 1. The van der Waals surface area contributed by atoms with E-state index in [4.69, 9.17) is 14.7 Å². The summed E-state index contributed by atoms with van der Waals surface area (Å²) >= 11 is 4.41. The van der Waals surface area contributed by atoms with Crippen molar-refractivity contribution >= 4 is 35.3 Å². The molecule has 0 aliphatic carbocycles. The maximum Gasteiger partial charge on any atom is 0.251 e. The van der Waals surface area contributed by atoms with Gasteiger partial charge in [0.2, 0.25) is 0 Å². The van der Waals surface area contributed by atoms with Crippen LogP contribution in [0.4, 0.5) is 5.82 Å². The number of nitrogens with one attached hydrogen (secondary N) is 1. The molecular weight excluding hydrogens is 470 g/mol. The number of amides is 1. The van der Waals surface area contributed by atoms with E-state index in [1.165, 1.54) is 0 Å². The quantitative estimate of drug-likeness (QED) is 0.383. The van der Waals surface area contributed by atoms with Crippen molar-refractivity contribution in [1.29, 1.82) is 0 Å². The number of carbonyl (C=O) groups excluding carboxylic acids is 1. The Balaban J connectivity index is 1.34. The second-order valence-electron chi connectivity index (χ2n) is 9.29. The van der Waals surface area contributed by atoms with Crippen LogP contribution < -0.4 is 10.2 Å². The number of benzene rings is 1. The number of aromatic nitrogens is 3. The molecule has 8 heteroatoms. The van der Waals surface area contributed by atoms with E-state index in [1.54, 1.807) is 18.3 Å². The fourth-order valence-electron chi connectivity index (χ4n) is 4.43. The fourth-order valence-corrected chi connectivity index (χ4v) is 4.64. The van der Waals surface area contributed by atoms with Gasteiger partial charge in [0.1, 0.15) is 5.82 Å². The van der Waals surface area contributed by atoms with Crippen molar-refractivity contribution in [3.63, 3.8) is 0 Å². The van der Waals surface area contributed by atoms with Gasteiger partial charge < -0.3 is 15.0 Å². The number of hydrogen-bond donors (Lipinski definition) is 2. The van der Waals surface area contributed by atoms with Crippen molar-refractivity contribution in [3.8, 4) is 11.4 Å². The maximum absolute atomic E-state index is 12.6. The van der Waals surface area contributed by atoms with Crippen LogP contribution in [0.15, 0.2) is 65.7 Å². The molecule has 0 radical (unpaired) electrons. The lowest BCUT2D eigenvalue weighted by molar-refractivity contribution is -0.00545. The fraction of sp³-hybridized carbons (Fsp3) is 0.286. The summed E-state index contributed by atoms with van der Waals surface area (Å²) < 4.78 is 5.86. The molecule has 4 aromatic rings. The highest BCUT2D eigenvalue weighted by Crippen LogP contribution is 2.24. The van der Waals surface area contributed by atoms with Crippen LogP contribution in [-0.4, -0.2) is 46.2 Å². The first-order valence-electron chi connectivity index (χ1n) is 12.1. The number of nitrogens with zero attached hydrogens (tertiary/aromatic N) is 4. The predicted octanol–water partition coefficient (Wildman–Crippen LogP) is 4.83. The minimum absolute atomic E-state index is 0.162. The van der Waals surface area contributed by atoms with E-state index in [-0.39, 0.29) is 18.1 Å². The summed E-state index contributed by atoms with van der Waals surface area (Å²) in [5, 5.41) is 3.86. The number of anilines is 1. The van der Waals surface area contributed by atoms with Crippen molar-refractivity contribution in [2.75, 3.05) is 18.0 Å².